The number of carbonyl (C=O) groups excluding carboxylic acids is 8. The molecule has 148 heavy (non-hydrogen) atoms. The summed E-state index contributed by atoms with van der Waals surface area (Å²) in [5, 5.41) is 20.9. The van der Waals surface area contributed by atoms with Crippen LogP contribution in [0.2, 0.25) is 0 Å². The second kappa shape index (κ2) is 46.9. The van der Waals surface area contributed by atoms with E-state index in [9.17, 15) is 48.6 Å². The fraction of sp³-hybridized carbons (Fsp3) is 0.311. The van der Waals surface area contributed by atoms with Crippen LogP contribution in [0, 0.1) is 98.7 Å². The second-order valence-corrected chi connectivity index (χ2v) is 37.5. The van der Waals surface area contributed by atoms with Crippen molar-refractivity contribution in [1.29, 1.82) is 0 Å². The Labute approximate surface area is 860 Å². The number of nitrogens with zero attached hydrogens (tertiary/aromatic N) is 4. The normalized spacial score (nSPS) is 12.1. The lowest BCUT2D eigenvalue weighted by atomic mass is 9.93. The monoisotopic (exact) mass is 1980 g/mol. The van der Waals surface area contributed by atoms with Gasteiger partial charge in [-0.3, -0.25) is 38.4 Å². The summed E-state index contributed by atoms with van der Waals surface area (Å²) in [5.41, 5.74) is 26.2. The number of esters is 8. The van der Waals surface area contributed by atoms with Crippen LogP contribution in [-0.4, -0.2) is 166 Å². The van der Waals surface area contributed by atoms with Gasteiger partial charge < -0.3 is 68.0 Å². The highest BCUT2D eigenvalue weighted by atomic mass is 16.5. The highest BCUT2D eigenvalue weighted by molar-refractivity contribution is 6.08. The van der Waals surface area contributed by atoms with E-state index in [4.69, 9.17) is 57.8 Å². The summed E-state index contributed by atoms with van der Waals surface area (Å²) in [7, 11) is 10.8. The van der Waals surface area contributed by atoms with Crippen molar-refractivity contribution in [2.75, 3.05) is 56.9 Å². The molecule has 0 aliphatic carbocycles. The molecule has 0 atom stereocenters. The maximum Gasteiger partial charge on any atom is 0.305 e. The molecule has 4 aliphatic heterocycles. The summed E-state index contributed by atoms with van der Waals surface area (Å²) in [5.74, 6) is 32.8. The molecular weight excluding hydrogens is 1870 g/mol. The number of aromatic nitrogens is 8. The Hall–Kier alpha value is -16.9. The number of aromatic amines is 4. The highest BCUT2D eigenvalue weighted by Crippen LogP contribution is 2.49. The fourth-order valence-electron chi connectivity index (χ4n) is 19.1. The molecule has 10 aromatic rings. The minimum absolute atomic E-state index is 0.00241. The van der Waals surface area contributed by atoms with Gasteiger partial charge in [0.1, 0.15) is 11.2 Å². The van der Waals surface area contributed by atoms with Gasteiger partial charge in [-0.05, 0) is 354 Å². The number of fused-ring (bicyclic) bond motifs is 16. The van der Waals surface area contributed by atoms with E-state index in [0.29, 0.717) is 156 Å². The third-order valence-corrected chi connectivity index (χ3v) is 26.9. The van der Waals surface area contributed by atoms with E-state index >= 15 is 0 Å². The Morgan fingerprint density at radius 2 is 0.466 bits per heavy atom. The van der Waals surface area contributed by atoms with Crippen molar-refractivity contribution < 1.29 is 86.5 Å². The van der Waals surface area contributed by atoms with Crippen LogP contribution in [0.15, 0.2) is 121 Å². The van der Waals surface area contributed by atoms with Crippen LogP contribution >= 0.6 is 0 Å². The highest BCUT2D eigenvalue weighted by Gasteiger charge is 2.33. The Morgan fingerprint density at radius 1 is 0.277 bits per heavy atom. The summed E-state index contributed by atoms with van der Waals surface area (Å²) in [6.45, 7) is 22.1. The number of H-pyrrole nitrogens is 4. The fourth-order valence-corrected chi connectivity index (χ4v) is 19.1. The maximum atomic E-state index is 13.5. The number of rotatable bonds is 28. The lowest BCUT2D eigenvalue weighted by molar-refractivity contribution is -0.141. The third-order valence-electron chi connectivity index (χ3n) is 26.9. The molecule has 4 aromatic carbocycles. The molecule has 0 fully saturated rings. The zero-order chi connectivity index (χ0) is 106. The minimum atomic E-state index is -1.28. The first-order valence-corrected chi connectivity index (χ1v) is 48.8. The van der Waals surface area contributed by atoms with Crippen molar-refractivity contribution >= 4 is 136 Å². The first-order valence-electron chi connectivity index (χ1n) is 48.8. The van der Waals surface area contributed by atoms with Gasteiger partial charge in [-0.25, -0.2) is 19.9 Å². The number of ether oxygens (including phenoxy) is 8. The summed E-state index contributed by atoms with van der Waals surface area (Å²) < 4.78 is 42.4. The molecule has 0 saturated carbocycles. The van der Waals surface area contributed by atoms with Crippen molar-refractivity contribution in [2.45, 2.75) is 197 Å². The van der Waals surface area contributed by atoms with Crippen molar-refractivity contribution in [3.63, 3.8) is 0 Å². The van der Waals surface area contributed by atoms with Gasteiger partial charge in [0.2, 0.25) is 0 Å². The number of hydrogen-bond acceptors (Lipinski definition) is 22. The van der Waals surface area contributed by atoms with E-state index in [1.165, 1.54) is 56.9 Å². The summed E-state index contributed by atoms with van der Waals surface area (Å²) in [6.07, 6.45) is 1.57. The molecule has 0 unspecified atom stereocenters. The zero-order valence-electron chi connectivity index (χ0n) is 87.1. The Kier molecular flexibility index (Phi) is 33.9. The van der Waals surface area contributed by atoms with Crippen LogP contribution in [-0.2, 0) is 102 Å². The second-order valence-electron chi connectivity index (χ2n) is 37.5. The predicted molar refractivity (Wildman–Crippen MR) is 575 cm³/mol. The van der Waals surface area contributed by atoms with E-state index in [-0.39, 0.29) is 103 Å². The number of aryl methyl sites for hydroxylation is 8. The van der Waals surface area contributed by atoms with Crippen LogP contribution in [0.5, 0.6) is 0 Å². The Bertz CT molecular complexity index is 7630. The number of hydrogen-bond donors (Lipinski definition) is 6. The molecule has 754 valence electrons. The first kappa shape index (κ1) is 107. The Balaban J connectivity index is 1.01. The molecule has 6 aromatic heterocycles. The standard InChI is InChI=1S/C122H118N8O18/c1-69-85(43-51-101(131)141-13)93-65-97-89(47-55-105(135)145-17)73(5)117(127-97)111(83-41-29-37-79(63-83)33-23-25-59-121(9,10)139)118-74(6)90(48-56-106(136)146-18)98(128-118)66-94-86(44-52-102(132)142-14)70(2)114(124-94)109(113(69)123-93)81-39-27-35-77(61-81)31-21-22-32-78-36-28-40-82(62-78)110-115-71(3)87(45-53-103(133)143-15)95(125-115)67-99-91(49-57-107(137)147-19)75(7)119(129-99)112(84-42-30-38-80(64-84)34-24-26-60-122(11,12)140)120-76(8)92(50-58-108(138)148-20)100(130-120)68-96-88(46-54-104(134)144-16)72(4)116(110)126-96/h27-30,35-42,61-68,123,125,128,130,139-140H,43-58H2,1-20H3. The number of nitrogens with one attached hydrogen (secondary N) is 4. The van der Waals surface area contributed by atoms with Crippen LogP contribution in [0.4, 0.5) is 0 Å². The maximum absolute atomic E-state index is 13.5. The average molecular weight is 1980 g/mol. The van der Waals surface area contributed by atoms with Crippen LogP contribution in [0.1, 0.15) is 245 Å². The molecule has 0 saturated heterocycles. The SMILES string of the molecule is COC(=O)CCC1=C(C)c2nc1cc1[nH]c(c(C)c1CCC(=O)OC)c(-c1cccc(C#CC#Cc3cccc(-c4c5nc(cc6[nH]c(c(C)c6CCC(=O)OC)c(-c6cccc(C#CC#CC(C)(C)O)c6)c6nc(cc7[nH]c4c(C)c7CCC(=O)OC)C(CCC(=O)OC)=C6C)C(CCC(=O)OC)=C5C)c3)c1)c1nc(cc3[nH]c(c(C)c3CCC(=O)OC)c2-c2cccc(C#CC#CC(C)(C)O)c2)C(CCC(=O)OC)=C1C. The molecule has 14 rings (SSSR count). The van der Waals surface area contributed by atoms with E-state index < -0.39 is 59.0 Å². The molecule has 0 radical (unpaired) electrons. The van der Waals surface area contributed by atoms with Crippen molar-refractivity contribution in [3.8, 4) is 116 Å². The van der Waals surface area contributed by atoms with Gasteiger partial charge in [0, 0.05) is 118 Å². The van der Waals surface area contributed by atoms with Gasteiger partial charge >= 0.3 is 47.8 Å². The number of aliphatic hydroxyl groups is 2. The predicted octanol–water partition coefficient (Wildman–Crippen LogP) is 20.5. The molecular formula is C122H118N8O18. The number of carbonyl (C=O) groups is 8. The molecule has 10 heterocycles. The molecule has 0 amide bonds. The topological polar surface area (TPSA) is 366 Å². The third kappa shape index (κ3) is 24.5. The Morgan fingerprint density at radius 3 is 0.655 bits per heavy atom. The summed E-state index contributed by atoms with van der Waals surface area (Å²) in [4.78, 5) is 146. The lowest BCUT2D eigenvalue weighted by Crippen LogP contribution is -2.14. The van der Waals surface area contributed by atoms with E-state index in [1.807, 2.05) is 177 Å². The largest absolute Gasteiger partial charge is 0.469 e. The van der Waals surface area contributed by atoms with Crippen molar-refractivity contribution in [3.05, 3.63) is 234 Å². The summed E-state index contributed by atoms with van der Waals surface area (Å²) >= 11 is 0. The van der Waals surface area contributed by atoms with Crippen LogP contribution in [0.25, 0.3) is 133 Å². The van der Waals surface area contributed by atoms with Crippen molar-refractivity contribution in [1.82, 2.24) is 39.9 Å². The van der Waals surface area contributed by atoms with Gasteiger partial charge in [0.15, 0.2) is 0 Å². The summed E-state index contributed by atoms with van der Waals surface area (Å²) in [6, 6.07) is 38.5. The lowest BCUT2D eigenvalue weighted by Gasteiger charge is -2.09. The van der Waals surface area contributed by atoms with Gasteiger partial charge in [0.05, 0.1) is 124 Å². The van der Waals surface area contributed by atoms with E-state index in [1.54, 1.807) is 27.7 Å². The molecule has 16 bridgehead atoms. The van der Waals surface area contributed by atoms with Gasteiger partial charge in [-0.2, -0.15) is 0 Å². The minimum Gasteiger partial charge on any atom is -0.469 e. The molecule has 26 nitrogen and oxygen atoms in total. The van der Waals surface area contributed by atoms with Crippen molar-refractivity contribution in [2.24, 2.45) is 0 Å². The van der Waals surface area contributed by atoms with Gasteiger partial charge in [-0.15, -0.1) is 0 Å². The van der Waals surface area contributed by atoms with E-state index in [0.717, 1.165) is 89.1 Å². The molecule has 0 spiro atoms. The smallest absolute Gasteiger partial charge is 0.305 e. The molecule has 26 heteroatoms. The van der Waals surface area contributed by atoms with E-state index in [2.05, 4.69) is 91.0 Å². The first-order chi connectivity index (χ1) is 70.9. The number of allylic oxidation sites excluding steroid dienone is 8. The van der Waals surface area contributed by atoms with Gasteiger partial charge in [-0.1, -0.05) is 84.1 Å². The quantitative estimate of drug-likeness (QED) is 0.0151. The zero-order valence-corrected chi connectivity index (χ0v) is 87.1. The van der Waals surface area contributed by atoms with Gasteiger partial charge in [0.25, 0.3) is 0 Å². The number of methoxy groups -OCH3 is 8. The molecule has 6 N–H and O–H groups in total. The molecule has 4 aliphatic rings. The average Bonchev–Trinajstić information content (AvgIpc) is 1.59. The number of benzene rings is 4. The van der Waals surface area contributed by atoms with Crippen LogP contribution in [0.3, 0.4) is 0 Å². The van der Waals surface area contributed by atoms with Crippen LogP contribution < -0.4 is 0 Å².